The number of fused-ring (bicyclic) bond motifs is 4. The molecule has 6 rings (SSSR count). The Morgan fingerprint density at radius 3 is 2.00 bits per heavy atom. The first kappa shape index (κ1) is 32.6. The molecule has 2 saturated heterocycles. The molecule has 1 aliphatic carbocycles. The molecule has 45 heavy (non-hydrogen) atoms. The fourth-order valence-electron chi connectivity index (χ4n) is 7.78. The second kappa shape index (κ2) is 13.3. The third-order valence-electron chi connectivity index (χ3n) is 10.3. The van der Waals surface area contributed by atoms with Gasteiger partial charge >= 0.3 is 17.9 Å². The Hall–Kier alpha value is -3.80. The number of anilines is 1. The summed E-state index contributed by atoms with van der Waals surface area (Å²) in [6.07, 6.45) is 5.62. The normalized spacial score (nSPS) is 19.8. The highest BCUT2D eigenvalue weighted by Crippen LogP contribution is 2.47. The van der Waals surface area contributed by atoms with Crippen LogP contribution in [0.4, 0.5) is 5.69 Å². The van der Waals surface area contributed by atoms with Crippen LogP contribution in [-0.2, 0) is 36.4 Å². The molecule has 3 aliphatic heterocycles. The summed E-state index contributed by atoms with van der Waals surface area (Å²) in [4.78, 5) is 48.5. The Morgan fingerprint density at radius 2 is 1.38 bits per heavy atom. The molecule has 0 unspecified atom stereocenters. The standard InChI is InChI=1S/C28H35N3O.C6H8O7/c32-26(31-21-28(12-16-29-17-13-28)24-7-3-4-8-25(24)31)10-18-30-19-14-27(15-20-30)11-9-22-5-1-2-6-23(22)27;7-3(8)1-6(13,5(11)12)2-4(9)10/h1-8,29H,9-21H2;13H,1-2H2,(H,7,8)(H,9,10)(H,11,12). The number of carboxylic acids is 3. The summed E-state index contributed by atoms with van der Waals surface area (Å²) < 4.78 is 0. The molecule has 11 nitrogen and oxygen atoms in total. The minimum atomic E-state index is -2.74. The smallest absolute Gasteiger partial charge is 0.336 e. The molecule has 1 amide bonds. The number of rotatable bonds is 8. The van der Waals surface area contributed by atoms with Crippen molar-refractivity contribution >= 4 is 29.5 Å². The van der Waals surface area contributed by atoms with Gasteiger partial charge in [-0.05, 0) is 92.9 Å². The molecule has 2 spiro atoms. The second-order valence-electron chi connectivity index (χ2n) is 13.0. The molecule has 0 atom stereocenters. The lowest BCUT2D eigenvalue weighted by atomic mass is 9.74. The number of para-hydroxylation sites is 1. The quantitative estimate of drug-likeness (QED) is 0.296. The number of aliphatic hydroxyl groups is 1. The van der Waals surface area contributed by atoms with E-state index in [1.807, 2.05) is 0 Å². The zero-order chi connectivity index (χ0) is 32.2. The van der Waals surface area contributed by atoms with Crippen LogP contribution in [0.5, 0.6) is 0 Å². The lowest BCUT2D eigenvalue weighted by Crippen LogP contribution is -2.45. The first-order valence-electron chi connectivity index (χ1n) is 15.8. The Kier molecular flexibility index (Phi) is 9.62. The zero-order valence-corrected chi connectivity index (χ0v) is 25.5. The van der Waals surface area contributed by atoms with E-state index in [2.05, 4.69) is 63.6 Å². The van der Waals surface area contributed by atoms with Crippen molar-refractivity contribution in [1.82, 2.24) is 10.2 Å². The maximum Gasteiger partial charge on any atom is 0.336 e. The summed E-state index contributed by atoms with van der Waals surface area (Å²) in [7, 11) is 0. The van der Waals surface area contributed by atoms with Gasteiger partial charge in [0.05, 0.1) is 12.8 Å². The average molecular weight is 622 g/mol. The monoisotopic (exact) mass is 621 g/mol. The highest BCUT2D eigenvalue weighted by atomic mass is 16.4. The molecule has 0 radical (unpaired) electrons. The van der Waals surface area contributed by atoms with Crippen molar-refractivity contribution in [3.05, 3.63) is 65.2 Å². The van der Waals surface area contributed by atoms with Gasteiger partial charge in [-0.25, -0.2) is 4.79 Å². The molecule has 0 bridgehead atoms. The van der Waals surface area contributed by atoms with Gasteiger partial charge in [0.15, 0.2) is 5.60 Å². The number of amides is 1. The first-order chi connectivity index (χ1) is 21.5. The largest absolute Gasteiger partial charge is 0.481 e. The molecule has 0 aromatic heterocycles. The van der Waals surface area contributed by atoms with Crippen LogP contribution in [-0.4, -0.2) is 94.0 Å². The predicted octanol–water partition coefficient (Wildman–Crippen LogP) is 2.78. The number of nitrogens with zero attached hydrogens (tertiary/aromatic N) is 2. The number of hydrogen-bond donors (Lipinski definition) is 5. The lowest BCUT2D eigenvalue weighted by Gasteiger charge is -2.40. The van der Waals surface area contributed by atoms with Crippen LogP contribution in [0.3, 0.4) is 0 Å². The van der Waals surface area contributed by atoms with E-state index >= 15 is 0 Å². The number of benzene rings is 2. The average Bonchev–Trinajstić information content (AvgIpc) is 3.53. The number of carbonyl (C=O) groups is 4. The van der Waals surface area contributed by atoms with Gasteiger partial charge in [-0.1, -0.05) is 42.5 Å². The summed E-state index contributed by atoms with van der Waals surface area (Å²) in [5.41, 5.74) is 3.55. The number of likely N-dealkylation sites (tertiary alicyclic amines) is 1. The number of hydrogen-bond acceptors (Lipinski definition) is 7. The Labute approximate surface area is 262 Å². The van der Waals surface area contributed by atoms with Crippen LogP contribution < -0.4 is 10.2 Å². The lowest BCUT2D eigenvalue weighted by molar-refractivity contribution is -0.170. The molecule has 2 aromatic rings. The van der Waals surface area contributed by atoms with Crippen LogP contribution in [0, 0.1) is 0 Å². The van der Waals surface area contributed by atoms with Crippen molar-refractivity contribution in [3.63, 3.8) is 0 Å². The van der Waals surface area contributed by atoms with Crippen molar-refractivity contribution in [2.24, 2.45) is 0 Å². The van der Waals surface area contributed by atoms with Gasteiger partial charge in [0, 0.05) is 30.6 Å². The number of aryl methyl sites for hydroxylation is 1. The molecule has 2 aromatic carbocycles. The highest BCUT2D eigenvalue weighted by molar-refractivity contribution is 5.96. The minimum Gasteiger partial charge on any atom is -0.481 e. The van der Waals surface area contributed by atoms with Gasteiger partial charge in [0.25, 0.3) is 0 Å². The third kappa shape index (κ3) is 6.90. The van der Waals surface area contributed by atoms with Crippen molar-refractivity contribution in [2.45, 2.75) is 74.2 Å². The highest BCUT2D eigenvalue weighted by Gasteiger charge is 2.45. The van der Waals surface area contributed by atoms with Gasteiger partial charge in [0.1, 0.15) is 0 Å². The summed E-state index contributed by atoms with van der Waals surface area (Å²) >= 11 is 0. The molecular formula is C34H43N3O8. The van der Waals surface area contributed by atoms with Crippen molar-refractivity contribution in [3.8, 4) is 0 Å². The Morgan fingerprint density at radius 1 is 0.778 bits per heavy atom. The summed E-state index contributed by atoms with van der Waals surface area (Å²) in [6, 6.07) is 17.7. The molecule has 3 heterocycles. The number of nitrogens with one attached hydrogen (secondary N) is 1. The van der Waals surface area contributed by atoms with Crippen molar-refractivity contribution in [1.29, 1.82) is 0 Å². The van der Waals surface area contributed by atoms with E-state index in [0.717, 1.165) is 52.1 Å². The van der Waals surface area contributed by atoms with Crippen LogP contribution in [0.15, 0.2) is 48.5 Å². The van der Waals surface area contributed by atoms with Gasteiger partial charge in [-0.15, -0.1) is 0 Å². The number of piperidine rings is 2. The van der Waals surface area contributed by atoms with Crippen molar-refractivity contribution in [2.75, 3.05) is 44.2 Å². The van der Waals surface area contributed by atoms with E-state index in [4.69, 9.17) is 20.4 Å². The Bertz CT molecular complexity index is 1410. The fourth-order valence-corrected chi connectivity index (χ4v) is 7.78. The van der Waals surface area contributed by atoms with Crippen LogP contribution in [0.2, 0.25) is 0 Å². The summed E-state index contributed by atoms with van der Waals surface area (Å²) in [5, 5.41) is 37.3. The van der Waals surface area contributed by atoms with Gasteiger partial charge in [-0.2, -0.15) is 0 Å². The SMILES string of the molecule is O=C(CCN1CCC2(CCc3ccccc32)CC1)N1CC2(CCNCC2)c2ccccc21.O=C(O)CC(O)(CC(=O)O)C(=O)O. The number of carbonyl (C=O) groups excluding carboxylic acids is 1. The minimum absolute atomic E-state index is 0.158. The van der Waals surface area contributed by atoms with E-state index in [1.54, 1.807) is 11.1 Å². The summed E-state index contributed by atoms with van der Waals surface area (Å²) in [5.74, 6) is -4.71. The van der Waals surface area contributed by atoms with Crippen LogP contribution in [0.25, 0.3) is 0 Å². The van der Waals surface area contributed by atoms with E-state index in [0.29, 0.717) is 17.7 Å². The maximum atomic E-state index is 13.4. The van der Waals surface area contributed by atoms with Gasteiger partial charge < -0.3 is 35.5 Å². The summed E-state index contributed by atoms with van der Waals surface area (Å²) in [6.45, 7) is 6.10. The maximum absolute atomic E-state index is 13.4. The van der Waals surface area contributed by atoms with Crippen LogP contribution >= 0.6 is 0 Å². The van der Waals surface area contributed by atoms with E-state index in [1.165, 1.54) is 36.9 Å². The predicted molar refractivity (Wildman–Crippen MR) is 166 cm³/mol. The zero-order valence-electron chi connectivity index (χ0n) is 25.5. The third-order valence-corrected chi connectivity index (χ3v) is 10.3. The topological polar surface area (TPSA) is 168 Å². The molecule has 0 saturated carbocycles. The van der Waals surface area contributed by atoms with Crippen molar-refractivity contribution < 1.29 is 39.6 Å². The van der Waals surface area contributed by atoms with Crippen LogP contribution in [0.1, 0.15) is 68.1 Å². The Balaban J connectivity index is 0.000000263. The molecule has 5 N–H and O–H groups in total. The first-order valence-corrected chi connectivity index (χ1v) is 15.8. The van der Waals surface area contributed by atoms with E-state index in [-0.39, 0.29) is 5.41 Å². The van der Waals surface area contributed by atoms with E-state index < -0.39 is 36.4 Å². The molecule has 242 valence electrons. The number of aliphatic carboxylic acids is 3. The van der Waals surface area contributed by atoms with E-state index in [9.17, 15) is 19.2 Å². The molecule has 11 heteroatoms. The van der Waals surface area contributed by atoms with Gasteiger partial charge in [-0.3, -0.25) is 14.4 Å². The fraction of sp³-hybridized carbons (Fsp3) is 0.529. The van der Waals surface area contributed by atoms with Gasteiger partial charge in [0.2, 0.25) is 5.91 Å². The second-order valence-corrected chi connectivity index (χ2v) is 13.0. The molecule has 4 aliphatic rings. The number of carboxylic acid groups (broad SMARTS) is 3. The molecule has 2 fully saturated rings. The molecular weight excluding hydrogens is 578 g/mol.